The van der Waals surface area contributed by atoms with Crippen LogP contribution in [0.1, 0.15) is 27.4 Å². The zero-order valence-corrected chi connectivity index (χ0v) is 8.80. The fraction of sp³-hybridized carbons (Fsp3) is 0.167. The standard InChI is InChI=1S/C12H11NO3/c1-8-3-2-4-9(5-8)6-10-7-11(12(14)15)13-16-10/h2-5,7H,6H2,1H3,(H,14,15). The van der Waals surface area contributed by atoms with Gasteiger partial charge in [0.2, 0.25) is 0 Å². The Morgan fingerprint density at radius 2 is 2.25 bits per heavy atom. The van der Waals surface area contributed by atoms with E-state index in [0.717, 1.165) is 11.1 Å². The first-order chi connectivity index (χ1) is 7.65. The molecule has 0 bridgehead atoms. The molecular formula is C12H11NO3. The van der Waals surface area contributed by atoms with Crippen LogP contribution in [0.5, 0.6) is 0 Å². The molecule has 0 fully saturated rings. The lowest BCUT2D eigenvalue weighted by atomic mass is 10.1. The van der Waals surface area contributed by atoms with Crippen molar-refractivity contribution < 1.29 is 14.4 Å². The van der Waals surface area contributed by atoms with Crippen LogP contribution < -0.4 is 0 Å². The van der Waals surface area contributed by atoms with Gasteiger partial charge in [-0.2, -0.15) is 0 Å². The lowest BCUT2D eigenvalue weighted by Crippen LogP contribution is -1.94. The molecule has 1 N–H and O–H groups in total. The number of carboxylic acids is 1. The summed E-state index contributed by atoms with van der Waals surface area (Å²) < 4.78 is 4.94. The van der Waals surface area contributed by atoms with E-state index in [2.05, 4.69) is 5.16 Å². The second-order valence-corrected chi connectivity index (χ2v) is 3.65. The highest BCUT2D eigenvalue weighted by Crippen LogP contribution is 2.12. The highest BCUT2D eigenvalue weighted by molar-refractivity contribution is 5.85. The van der Waals surface area contributed by atoms with E-state index in [1.807, 2.05) is 31.2 Å². The summed E-state index contributed by atoms with van der Waals surface area (Å²) in [7, 11) is 0. The van der Waals surface area contributed by atoms with E-state index in [-0.39, 0.29) is 5.69 Å². The van der Waals surface area contributed by atoms with Crippen LogP contribution in [-0.4, -0.2) is 16.2 Å². The Morgan fingerprint density at radius 1 is 1.44 bits per heavy atom. The number of nitrogens with zero attached hydrogens (tertiary/aromatic N) is 1. The second-order valence-electron chi connectivity index (χ2n) is 3.65. The van der Waals surface area contributed by atoms with Gasteiger partial charge in [-0.05, 0) is 12.5 Å². The maximum Gasteiger partial charge on any atom is 0.358 e. The molecule has 0 radical (unpaired) electrons. The van der Waals surface area contributed by atoms with E-state index in [4.69, 9.17) is 9.63 Å². The maximum absolute atomic E-state index is 10.6. The van der Waals surface area contributed by atoms with Gasteiger partial charge in [-0.1, -0.05) is 35.0 Å². The summed E-state index contributed by atoms with van der Waals surface area (Å²) in [6, 6.07) is 9.41. The SMILES string of the molecule is Cc1cccc(Cc2cc(C(=O)O)no2)c1. The molecule has 1 heterocycles. The van der Waals surface area contributed by atoms with Crippen LogP contribution in [0.4, 0.5) is 0 Å². The number of hydrogen-bond acceptors (Lipinski definition) is 3. The fourth-order valence-electron chi connectivity index (χ4n) is 1.52. The summed E-state index contributed by atoms with van der Waals surface area (Å²) >= 11 is 0. The normalized spacial score (nSPS) is 10.3. The van der Waals surface area contributed by atoms with Crippen LogP contribution in [-0.2, 0) is 6.42 Å². The molecule has 2 rings (SSSR count). The first-order valence-corrected chi connectivity index (χ1v) is 4.89. The van der Waals surface area contributed by atoms with Crippen LogP contribution in [0, 0.1) is 6.92 Å². The van der Waals surface area contributed by atoms with Gasteiger partial charge in [0, 0.05) is 12.5 Å². The third kappa shape index (κ3) is 2.28. The Hall–Kier alpha value is -2.10. The van der Waals surface area contributed by atoms with Crippen LogP contribution in [0.15, 0.2) is 34.9 Å². The molecule has 0 unspecified atom stereocenters. The smallest absolute Gasteiger partial charge is 0.358 e. The Kier molecular flexibility index (Phi) is 2.72. The molecule has 82 valence electrons. The van der Waals surface area contributed by atoms with Gasteiger partial charge in [-0.15, -0.1) is 0 Å². The van der Waals surface area contributed by atoms with Crippen molar-refractivity contribution in [3.63, 3.8) is 0 Å². The minimum atomic E-state index is -1.07. The Labute approximate surface area is 92.5 Å². The minimum Gasteiger partial charge on any atom is -0.476 e. The minimum absolute atomic E-state index is 0.0531. The molecule has 1 aromatic carbocycles. The largest absolute Gasteiger partial charge is 0.476 e. The summed E-state index contributed by atoms with van der Waals surface area (Å²) in [4.78, 5) is 10.6. The summed E-state index contributed by atoms with van der Waals surface area (Å²) in [5, 5.41) is 12.1. The topological polar surface area (TPSA) is 63.3 Å². The number of rotatable bonds is 3. The molecule has 0 atom stereocenters. The molecule has 0 amide bonds. The highest BCUT2D eigenvalue weighted by Gasteiger charge is 2.10. The lowest BCUT2D eigenvalue weighted by molar-refractivity contribution is 0.0685. The van der Waals surface area contributed by atoms with Crippen molar-refractivity contribution >= 4 is 5.97 Å². The molecule has 4 heteroatoms. The van der Waals surface area contributed by atoms with Crippen molar-refractivity contribution in [2.75, 3.05) is 0 Å². The van der Waals surface area contributed by atoms with E-state index >= 15 is 0 Å². The quantitative estimate of drug-likeness (QED) is 0.856. The molecule has 0 spiro atoms. The number of aryl methyl sites for hydroxylation is 1. The number of aromatic nitrogens is 1. The van der Waals surface area contributed by atoms with E-state index in [1.165, 1.54) is 6.07 Å². The van der Waals surface area contributed by atoms with Gasteiger partial charge in [-0.3, -0.25) is 0 Å². The molecule has 0 aliphatic rings. The van der Waals surface area contributed by atoms with Gasteiger partial charge in [0.25, 0.3) is 0 Å². The van der Waals surface area contributed by atoms with Crippen LogP contribution >= 0.6 is 0 Å². The van der Waals surface area contributed by atoms with Gasteiger partial charge in [0.05, 0.1) is 0 Å². The van der Waals surface area contributed by atoms with Crippen molar-refractivity contribution in [2.24, 2.45) is 0 Å². The Balaban J connectivity index is 2.17. The van der Waals surface area contributed by atoms with Crippen LogP contribution in [0.2, 0.25) is 0 Å². The maximum atomic E-state index is 10.6. The van der Waals surface area contributed by atoms with Gasteiger partial charge in [0.15, 0.2) is 5.69 Å². The van der Waals surface area contributed by atoms with Crippen molar-refractivity contribution in [1.82, 2.24) is 5.16 Å². The van der Waals surface area contributed by atoms with Crippen molar-refractivity contribution in [3.8, 4) is 0 Å². The predicted molar refractivity (Wildman–Crippen MR) is 57.4 cm³/mol. The zero-order chi connectivity index (χ0) is 11.5. The van der Waals surface area contributed by atoms with Gasteiger partial charge in [-0.25, -0.2) is 4.79 Å². The van der Waals surface area contributed by atoms with Crippen LogP contribution in [0.3, 0.4) is 0 Å². The van der Waals surface area contributed by atoms with Crippen molar-refractivity contribution in [3.05, 3.63) is 52.9 Å². The third-order valence-electron chi connectivity index (χ3n) is 2.24. The molecule has 0 aliphatic heterocycles. The van der Waals surface area contributed by atoms with E-state index in [1.54, 1.807) is 0 Å². The third-order valence-corrected chi connectivity index (χ3v) is 2.24. The van der Waals surface area contributed by atoms with Gasteiger partial charge in [0.1, 0.15) is 5.76 Å². The zero-order valence-electron chi connectivity index (χ0n) is 8.80. The second kappa shape index (κ2) is 4.18. The number of carbonyl (C=O) groups is 1. The first kappa shape index (κ1) is 10.4. The number of hydrogen-bond donors (Lipinski definition) is 1. The molecule has 16 heavy (non-hydrogen) atoms. The van der Waals surface area contributed by atoms with Crippen molar-refractivity contribution in [1.29, 1.82) is 0 Å². The molecule has 4 nitrogen and oxygen atoms in total. The summed E-state index contributed by atoms with van der Waals surface area (Å²) in [6.07, 6.45) is 0.558. The molecular weight excluding hydrogens is 206 g/mol. The molecule has 2 aromatic rings. The number of carboxylic acid groups (broad SMARTS) is 1. The van der Waals surface area contributed by atoms with Gasteiger partial charge < -0.3 is 9.63 Å². The number of aromatic carboxylic acids is 1. The lowest BCUT2D eigenvalue weighted by Gasteiger charge is -1.98. The van der Waals surface area contributed by atoms with E-state index in [9.17, 15) is 4.79 Å². The summed E-state index contributed by atoms with van der Waals surface area (Å²) in [6.45, 7) is 2.01. The molecule has 1 aromatic heterocycles. The average molecular weight is 217 g/mol. The Bertz CT molecular complexity index is 516. The molecule has 0 aliphatic carbocycles. The Morgan fingerprint density at radius 3 is 2.88 bits per heavy atom. The van der Waals surface area contributed by atoms with Crippen LogP contribution in [0.25, 0.3) is 0 Å². The first-order valence-electron chi connectivity index (χ1n) is 4.89. The average Bonchev–Trinajstić information content (AvgIpc) is 2.66. The summed E-state index contributed by atoms with van der Waals surface area (Å²) in [5.74, 6) is -0.512. The van der Waals surface area contributed by atoms with E-state index in [0.29, 0.717) is 12.2 Å². The number of benzene rings is 1. The van der Waals surface area contributed by atoms with Gasteiger partial charge >= 0.3 is 5.97 Å². The molecule has 0 saturated carbocycles. The molecule has 0 saturated heterocycles. The highest BCUT2D eigenvalue weighted by atomic mass is 16.5. The van der Waals surface area contributed by atoms with Crippen molar-refractivity contribution in [2.45, 2.75) is 13.3 Å². The fourth-order valence-corrected chi connectivity index (χ4v) is 1.52. The predicted octanol–water partition coefficient (Wildman–Crippen LogP) is 2.27. The van der Waals surface area contributed by atoms with E-state index < -0.39 is 5.97 Å². The monoisotopic (exact) mass is 217 g/mol. The summed E-state index contributed by atoms with van der Waals surface area (Å²) in [5.41, 5.74) is 2.19.